The van der Waals surface area contributed by atoms with Crippen LogP contribution in [0.2, 0.25) is 0 Å². The highest BCUT2D eigenvalue weighted by Gasteiger charge is 2.20. The molecule has 0 aliphatic carbocycles. The largest absolute Gasteiger partial charge is 0.346 e. The molecule has 19 heavy (non-hydrogen) atoms. The van der Waals surface area contributed by atoms with Crippen molar-refractivity contribution in [3.63, 3.8) is 0 Å². The highest BCUT2D eigenvalue weighted by atomic mass is 16.7. The van der Waals surface area contributed by atoms with Gasteiger partial charge >= 0.3 is 0 Å². The van der Waals surface area contributed by atoms with E-state index in [2.05, 4.69) is 18.9 Å². The molecule has 5 nitrogen and oxygen atoms in total. The second-order valence-corrected chi connectivity index (χ2v) is 4.43. The van der Waals surface area contributed by atoms with Gasteiger partial charge in [0.05, 0.1) is 12.1 Å². The van der Waals surface area contributed by atoms with Gasteiger partial charge in [0, 0.05) is 25.5 Å². The van der Waals surface area contributed by atoms with Gasteiger partial charge < -0.3 is 9.47 Å². The summed E-state index contributed by atoms with van der Waals surface area (Å²) in [6, 6.07) is 2.22. The fourth-order valence-electron chi connectivity index (χ4n) is 1.70. The van der Waals surface area contributed by atoms with Crippen LogP contribution in [0.5, 0.6) is 0 Å². The molecule has 0 saturated heterocycles. The first-order valence-electron chi connectivity index (χ1n) is 6.92. The van der Waals surface area contributed by atoms with Crippen LogP contribution >= 0.6 is 0 Å². The molecule has 0 amide bonds. The molecule has 0 bridgehead atoms. The van der Waals surface area contributed by atoms with Crippen LogP contribution in [-0.2, 0) is 20.7 Å². The number of aromatic nitrogens is 2. The Morgan fingerprint density at radius 1 is 1.32 bits per heavy atom. The third kappa shape index (κ3) is 4.76. The number of carbonyl (C=O) groups excluding carboxylic acids is 1. The van der Waals surface area contributed by atoms with Gasteiger partial charge in [0.1, 0.15) is 0 Å². The molecule has 1 rings (SSSR count). The molecule has 108 valence electrons. The van der Waals surface area contributed by atoms with Crippen molar-refractivity contribution in [2.45, 2.75) is 52.9 Å². The Labute approximate surface area is 114 Å². The molecular formula is C14H24N2O3. The zero-order chi connectivity index (χ0) is 14.3. The Balaban J connectivity index is 2.62. The summed E-state index contributed by atoms with van der Waals surface area (Å²) in [7, 11) is 0. The van der Waals surface area contributed by atoms with Gasteiger partial charge in [-0.15, -0.1) is 0 Å². The Morgan fingerprint density at radius 2 is 1.95 bits per heavy atom. The molecule has 0 aliphatic rings. The number of hydrogen-bond acceptors (Lipinski definition) is 4. The Kier molecular flexibility index (Phi) is 6.73. The topological polar surface area (TPSA) is 53.4 Å². The van der Waals surface area contributed by atoms with Crippen molar-refractivity contribution in [1.29, 1.82) is 0 Å². The third-order valence-corrected chi connectivity index (χ3v) is 2.96. The Hall–Kier alpha value is -1.20. The van der Waals surface area contributed by atoms with Crippen LogP contribution in [0.25, 0.3) is 0 Å². The first kappa shape index (κ1) is 15.9. The van der Waals surface area contributed by atoms with E-state index in [-0.39, 0.29) is 12.2 Å². The van der Waals surface area contributed by atoms with Crippen molar-refractivity contribution in [2.75, 3.05) is 13.2 Å². The average Bonchev–Trinajstić information content (AvgIpc) is 2.86. The van der Waals surface area contributed by atoms with E-state index in [9.17, 15) is 4.79 Å². The quantitative estimate of drug-likeness (QED) is 0.645. The van der Waals surface area contributed by atoms with Crippen LogP contribution in [0.3, 0.4) is 0 Å². The molecule has 0 aromatic carbocycles. The van der Waals surface area contributed by atoms with Gasteiger partial charge in [0.25, 0.3) is 0 Å². The van der Waals surface area contributed by atoms with Crippen LogP contribution in [0.1, 0.15) is 45.9 Å². The van der Waals surface area contributed by atoms with Crippen LogP contribution in [0.15, 0.2) is 12.3 Å². The number of hydrogen-bond donors (Lipinski definition) is 0. The SMILES string of the molecule is CCOC(OCC)C(=O)Cc1ccn(C(C)CC)n1. The van der Waals surface area contributed by atoms with Crippen molar-refractivity contribution in [2.24, 2.45) is 0 Å². The maximum Gasteiger partial charge on any atom is 0.218 e. The zero-order valence-corrected chi connectivity index (χ0v) is 12.3. The van der Waals surface area contributed by atoms with Crippen molar-refractivity contribution in [1.82, 2.24) is 9.78 Å². The Morgan fingerprint density at radius 3 is 2.47 bits per heavy atom. The van der Waals surface area contributed by atoms with Crippen LogP contribution < -0.4 is 0 Å². The fraction of sp³-hybridized carbons (Fsp3) is 0.714. The van der Waals surface area contributed by atoms with E-state index in [1.165, 1.54) is 0 Å². The lowest BCUT2D eigenvalue weighted by molar-refractivity contribution is -0.167. The minimum atomic E-state index is -0.774. The molecule has 1 unspecified atom stereocenters. The molecule has 0 spiro atoms. The molecular weight excluding hydrogens is 244 g/mol. The summed E-state index contributed by atoms with van der Waals surface area (Å²) in [5.41, 5.74) is 0.759. The molecule has 1 atom stereocenters. The number of rotatable bonds is 9. The second kappa shape index (κ2) is 8.07. The van der Waals surface area contributed by atoms with Gasteiger partial charge in [0.15, 0.2) is 5.78 Å². The van der Waals surface area contributed by atoms with Gasteiger partial charge in [-0.25, -0.2) is 0 Å². The summed E-state index contributed by atoms with van der Waals surface area (Å²) in [4.78, 5) is 12.0. The molecule has 1 heterocycles. The number of ketones is 1. The summed E-state index contributed by atoms with van der Waals surface area (Å²) in [6.07, 6.45) is 2.39. The lowest BCUT2D eigenvalue weighted by Gasteiger charge is -2.14. The maximum absolute atomic E-state index is 12.0. The predicted molar refractivity (Wildman–Crippen MR) is 73.0 cm³/mol. The number of nitrogens with zero attached hydrogens (tertiary/aromatic N) is 2. The van der Waals surface area contributed by atoms with E-state index in [4.69, 9.17) is 9.47 Å². The molecule has 0 saturated carbocycles. The minimum Gasteiger partial charge on any atom is -0.346 e. The highest BCUT2D eigenvalue weighted by molar-refractivity contribution is 5.83. The summed E-state index contributed by atoms with van der Waals surface area (Å²) in [6.45, 7) is 8.81. The van der Waals surface area contributed by atoms with Gasteiger partial charge in [-0.2, -0.15) is 5.10 Å². The van der Waals surface area contributed by atoms with Gasteiger partial charge in [-0.3, -0.25) is 9.48 Å². The van der Waals surface area contributed by atoms with E-state index in [1.54, 1.807) is 0 Å². The standard InChI is InChI=1S/C14H24N2O3/c1-5-11(4)16-9-8-12(15-16)10-13(17)14(18-6-2)19-7-3/h8-9,11,14H,5-7,10H2,1-4H3. The first-order valence-corrected chi connectivity index (χ1v) is 6.92. The number of carbonyl (C=O) groups is 1. The van der Waals surface area contributed by atoms with Gasteiger partial charge in [0.2, 0.25) is 6.29 Å². The predicted octanol–water partition coefficient (Wildman–Crippen LogP) is 2.36. The molecule has 0 radical (unpaired) electrons. The average molecular weight is 268 g/mol. The normalized spacial score (nSPS) is 12.9. The highest BCUT2D eigenvalue weighted by Crippen LogP contribution is 2.10. The minimum absolute atomic E-state index is 0.0851. The third-order valence-electron chi connectivity index (χ3n) is 2.96. The van der Waals surface area contributed by atoms with Gasteiger partial charge in [-0.05, 0) is 33.3 Å². The fourth-order valence-corrected chi connectivity index (χ4v) is 1.70. The zero-order valence-electron chi connectivity index (χ0n) is 12.3. The van der Waals surface area contributed by atoms with Gasteiger partial charge in [-0.1, -0.05) is 6.92 Å². The van der Waals surface area contributed by atoms with Crippen LogP contribution in [0, 0.1) is 0 Å². The molecule has 0 N–H and O–H groups in total. The van der Waals surface area contributed by atoms with Crippen LogP contribution in [0.4, 0.5) is 0 Å². The summed E-state index contributed by atoms with van der Waals surface area (Å²) in [5, 5.41) is 4.41. The number of ether oxygens (including phenoxy) is 2. The lowest BCUT2D eigenvalue weighted by atomic mass is 10.2. The number of Topliss-reactive ketones (excluding diaryl/α,β-unsaturated/α-hetero) is 1. The first-order chi connectivity index (χ1) is 9.12. The maximum atomic E-state index is 12.0. The monoisotopic (exact) mass is 268 g/mol. The summed E-state index contributed by atoms with van der Waals surface area (Å²) in [5.74, 6) is -0.0851. The van der Waals surface area contributed by atoms with Crippen LogP contribution in [-0.4, -0.2) is 35.1 Å². The van der Waals surface area contributed by atoms with E-state index >= 15 is 0 Å². The smallest absolute Gasteiger partial charge is 0.218 e. The Bertz CT molecular complexity index is 384. The molecule has 1 aromatic heterocycles. The summed E-state index contributed by atoms with van der Waals surface area (Å²) >= 11 is 0. The van der Waals surface area contributed by atoms with Crippen molar-refractivity contribution in [3.05, 3.63) is 18.0 Å². The van der Waals surface area contributed by atoms with Crippen molar-refractivity contribution >= 4 is 5.78 Å². The molecule has 0 fully saturated rings. The second-order valence-electron chi connectivity index (χ2n) is 4.43. The van der Waals surface area contributed by atoms with E-state index in [0.717, 1.165) is 12.1 Å². The molecule has 0 aliphatic heterocycles. The lowest BCUT2D eigenvalue weighted by Crippen LogP contribution is -2.29. The summed E-state index contributed by atoms with van der Waals surface area (Å²) < 4.78 is 12.5. The molecule has 5 heteroatoms. The molecule has 1 aromatic rings. The van der Waals surface area contributed by atoms with E-state index in [0.29, 0.717) is 19.3 Å². The van der Waals surface area contributed by atoms with Crippen molar-refractivity contribution < 1.29 is 14.3 Å². The van der Waals surface area contributed by atoms with E-state index < -0.39 is 6.29 Å². The van der Waals surface area contributed by atoms with E-state index in [1.807, 2.05) is 30.8 Å². The van der Waals surface area contributed by atoms with Crippen molar-refractivity contribution in [3.8, 4) is 0 Å².